The summed E-state index contributed by atoms with van der Waals surface area (Å²) in [6.07, 6.45) is 5.65. The van der Waals surface area contributed by atoms with Crippen LogP contribution in [0.25, 0.3) is 11.2 Å². The van der Waals surface area contributed by atoms with E-state index in [-0.39, 0.29) is 0 Å². The van der Waals surface area contributed by atoms with E-state index in [1.165, 1.54) is 25.1 Å². The van der Waals surface area contributed by atoms with Crippen molar-refractivity contribution in [1.82, 2.24) is 19.9 Å². The summed E-state index contributed by atoms with van der Waals surface area (Å²) < 4.78 is 2.40. The van der Waals surface area contributed by atoms with Crippen LogP contribution in [0, 0.1) is 0 Å². The normalized spacial score (nSPS) is 24.6. The number of pyridine rings is 1. The van der Waals surface area contributed by atoms with E-state index < -0.39 is 0 Å². The molecule has 0 aromatic carbocycles. The number of rotatable bonds is 2. The Kier molecular flexibility index (Phi) is 1.99. The van der Waals surface area contributed by atoms with Gasteiger partial charge in [-0.3, -0.25) is 0 Å². The number of nitrogens with one attached hydrogen (secondary N) is 1. The molecule has 4 rings (SSSR count). The van der Waals surface area contributed by atoms with Gasteiger partial charge >= 0.3 is 0 Å². The monoisotopic (exact) mass is 228 g/mol. The molecule has 1 aliphatic heterocycles. The third-order valence-corrected chi connectivity index (χ3v) is 3.81. The van der Waals surface area contributed by atoms with Crippen LogP contribution in [0.15, 0.2) is 18.3 Å². The summed E-state index contributed by atoms with van der Waals surface area (Å²) >= 11 is 0. The Balaban J connectivity index is 1.91. The molecule has 1 saturated heterocycles. The molecule has 2 aliphatic rings. The fourth-order valence-electron chi connectivity index (χ4n) is 2.80. The summed E-state index contributed by atoms with van der Waals surface area (Å²) in [6.45, 7) is 2.18. The molecule has 2 aromatic rings. The highest BCUT2D eigenvalue weighted by Crippen LogP contribution is 2.40. The van der Waals surface area contributed by atoms with Crippen molar-refractivity contribution in [2.75, 3.05) is 13.1 Å². The number of aromatic nitrogens is 3. The summed E-state index contributed by atoms with van der Waals surface area (Å²) in [6, 6.07) is 4.71. The van der Waals surface area contributed by atoms with Gasteiger partial charge in [0.1, 0.15) is 11.3 Å². The van der Waals surface area contributed by atoms with Gasteiger partial charge in [-0.1, -0.05) is 0 Å². The Morgan fingerprint density at radius 1 is 1.29 bits per heavy atom. The van der Waals surface area contributed by atoms with Gasteiger partial charge < -0.3 is 9.88 Å². The maximum absolute atomic E-state index is 4.82. The Hall–Kier alpha value is -1.42. The highest BCUT2D eigenvalue weighted by molar-refractivity contribution is 5.71. The molecule has 17 heavy (non-hydrogen) atoms. The summed E-state index contributed by atoms with van der Waals surface area (Å²) in [4.78, 5) is 9.33. The first-order valence-electron chi connectivity index (χ1n) is 6.47. The Morgan fingerprint density at radius 3 is 3.00 bits per heavy atom. The number of imidazole rings is 1. The van der Waals surface area contributed by atoms with Crippen molar-refractivity contribution in [3.8, 4) is 0 Å². The minimum absolute atomic E-state index is 0.574. The van der Waals surface area contributed by atoms with Gasteiger partial charge in [0.15, 0.2) is 5.65 Å². The van der Waals surface area contributed by atoms with Gasteiger partial charge in [-0.15, -0.1) is 0 Å². The molecule has 1 N–H and O–H groups in total. The highest BCUT2D eigenvalue weighted by atomic mass is 15.2. The molecule has 1 saturated carbocycles. The van der Waals surface area contributed by atoms with E-state index in [1.807, 2.05) is 12.3 Å². The predicted molar refractivity (Wildman–Crippen MR) is 66.0 cm³/mol. The molecule has 0 bridgehead atoms. The zero-order chi connectivity index (χ0) is 11.2. The van der Waals surface area contributed by atoms with Crippen LogP contribution >= 0.6 is 0 Å². The number of nitrogens with zero attached hydrogens (tertiary/aromatic N) is 3. The average molecular weight is 228 g/mol. The van der Waals surface area contributed by atoms with Gasteiger partial charge in [-0.25, -0.2) is 9.97 Å². The second kappa shape index (κ2) is 3.53. The van der Waals surface area contributed by atoms with Crippen LogP contribution in [0.4, 0.5) is 0 Å². The quantitative estimate of drug-likeness (QED) is 0.853. The minimum Gasteiger partial charge on any atom is -0.316 e. The first-order valence-corrected chi connectivity index (χ1v) is 6.47. The van der Waals surface area contributed by atoms with Crippen molar-refractivity contribution in [2.24, 2.45) is 0 Å². The van der Waals surface area contributed by atoms with Crippen molar-refractivity contribution < 1.29 is 0 Å². The van der Waals surface area contributed by atoms with Gasteiger partial charge in [-0.2, -0.15) is 0 Å². The largest absolute Gasteiger partial charge is 0.316 e. The molecule has 4 heteroatoms. The van der Waals surface area contributed by atoms with Crippen molar-refractivity contribution in [3.05, 3.63) is 24.2 Å². The van der Waals surface area contributed by atoms with Crippen molar-refractivity contribution in [2.45, 2.75) is 31.2 Å². The van der Waals surface area contributed by atoms with Crippen molar-refractivity contribution in [1.29, 1.82) is 0 Å². The molecule has 4 nitrogen and oxygen atoms in total. The molecule has 2 fully saturated rings. The van der Waals surface area contributed by atoms with Crippen LogP contribution in [0.2, 0.25) is 0 Å². The lowest BCUT2D eigenvalue weighted by atomic mass is 10.1. The smallest absolute Gasteiger partial charge is 0.160 e. The van der Waals surface area contributed by atoms with Crippen molar-refractivity contribution in [3.63, 3.8) is 0 Å². The van der Waals surface area contributed by atoms with E-state index >= 15 is 0 Å². The maximum Gasteiger partial charge on any atom is 0.160 e. The van der Waals surface area contributed by atoms with Gasteiger partial charge in [-0.05, 0) is 37.9 Å². The van der Waals surface area contributed by atoms with Crippen LogP contribution in [0.3, 0.4) is 0 Å². The standard InChI is InChI=1S/C13H16N4/c1-2-11-13(15-6-1)17(10-3-4-10)12(16-11)9-5-7-14-8-9/h1-2,6,9-10,14H,3-5,7-8H2. The molecule has 0 amide bonds. The molecular weight excluding hydrogens is 212 g/mol. The number of hydrogen-bond acceptors (Lipinski definition) is 3. The second-order valence-corrected chi connectivity index (χ2v) is 5.11. The fourth-order valence-corrected chi connectivity index (χ4v) is 2.80. The SMILES string of the molecule is c1cnc2c(c1)nc(C1CCNC1)n2C1CC1. The third kappa shape index (κ3) is 1.47. The zero-order valence-corrected chi connectivity index (χ0v) is 9.76. The van der Waals surface area contributed by atoms with E-state index in [2.05, 4.69) is 20.9 Å². The van der Waals surface area contributed by atoms with Crippen LogP contribution in [0.5, 0.6) is 0 Å². The Labute approximate surface area is 100 Å². The van der Waals surface area contributed by atoms with E-state index in [4.69, 9.17) is 4.98 Å². The van der Waals surface area contributed by atoms with E-state index in [0.29, 0.717) is 12.0 Å². The molecule has 2 aromatic heterocycles. The van der Waals surface area contributed by atoms with Crippen LogP contribution in [-0.2, 0) is 0 Å². The Bertz CT molecular complexity index is 550. The molecule has 3 heterocycles. The molecular formula is C13H16N4. The third-order valence-electron chi connectivity index (χ3n) is 3.81. The second-order valence-electron chi connectivity index (χ2n) is 5.11. The molecule has 1 aliphatic carbocycles. The topological polar surface area (TPSA) is 42.7 Å². The number of hydrogen-bond donors (Lipinski definition) is 1. The first kappa shape index (κ1) is 9.59. The molecule has 88 valence electrons. The van der Waals surface area contributed by atoms with Crippen LogP contribution < -0.4 is 5.32 Å². The van der Waals surface area contributed by atoms with E-state index in [1.54, 1.807) is 0 Å². The summed E-state index contributed by atoms with van der Waals surface area (Å²) in [7, 11) is 0. The first-order chi connectivity index (χ1) is 8.43. The van der Waals surface area contributed by atoms with Crippen LogP contribution in [-0.4, -0.2) is 27.6 Å². The highest BCUT2D eigenvalue weighted by Gasteiger charge is 2.32. The summed E-state index contributed by atoms with van der Waals surface area (Å²) in [5, 5.41) is 3.43. The average Bonchev–Trinajstić information content (AvgIpc) is 2.94. The zero-order valence-electron chi connectivity index (χ0n) is 9.76. The van der Waals surface area contributed by atoms with E-state index in [9.17, 15) is 0 Å². The van der Waals surface area contributed by atoms with Gasteiger partial charge in [0.2, 0.25) is 0 Å². The van der Waals surface area contributed by atoms with Gasteiger partial charge in [0, 0.05) is 24.7 Å². The van der Waals surface area contributed by atoms with Crippen molar-refractivity contribution >= 4 is 11.2 Å². The lowest BCUT2D eigenvalue weighted by molar-refractivity contribution is 0.619. The van der Waals surface area contributed by atoms with Gasteiger partial charge in [0.05, 0.1) is 0 Å². The summed E-state index contributed by atoms with van der Waals surface area (Å²) in [5.41, 5.74) is 2.14. The molecule has 1 atom stereocenters. The molecule has 1 unspecified atom stereocenters. The van der Waals surface area contributed by atoms with E-state index in [0.717, 1.165) is 24.3 Å². The number of fused-ring (bicyclic) bond motifs is 1. The molecule has 0 radical (unpaired) electrons. The lowest BCUT2D eigenvalue weighted by Gasteiger charge is -2.11. The lowest BCUT2D eigenvalue weighted by Crippen LogP contribution is -2.12. The Morgan fingerprint density at radius 2 is 2.24 bits per heavy atom. The van der Waals surface area contributed by atoms with Gasteiger partial charge in [0.25, 0.3) is 0 Å². The van der Waals surface area contributed by atoms with Crippen LogP contribution in [0.1, 0.15) is 37.0 Å². The fraction of sp³-hybridized carbons (Fsp3) is 0.538. The minimum atomic E-state index is 0.574. The maximum atomic E-state index is 4.82. The predicted octanol–water partition coefficient (Wildman–Crippen LogP) is 1.84. The molecule has 0 spiro atoms. The summed E-state index contributed by atoms with van der Waals surface area (Å²) in [5.74, 6) is 1.83.